The van der Waals surface area contributed by atoms with Gasteiger partial charge < -0.3 is 15.2 Å². The van der Waals surface area contributed by atoms with Crippen LogP contribution in [-0.4, -0.2) is 22.2 Å². The van der Waals surface area contributed by atoms with Gasteiger partial charge in [0.05, 0.1) is 12.6 Å². The third-order valence-electron chi connectivity index (χ3n) is 2.84. The Hall–Kier alpha value is -2.82. The van der Waals surface area contributed by atoms with Crippen LogP contribution in [0.25, 0.3) is 10.9 Å². The zero-order valence-corrected chi connectivity index (χ0v) is 12.0. The van der Waals surface area contributed by atoms with Crippen LogP contribution in [0.3, 0.4) is 0 Å². The van der Waals surface area contributed by atoms with Crippen molar-refractivity contribution < 1.29 is 9.84 Å². The lowest BCUT2D eigenvalue weighted by atomic mass is 10.2. The Morgan fingerprint density at radius 3 is 2.86 bits per heavy atom. The van der Waals surface area contributed by atoms with E-state index in [1.807, 2.05) is 25.2 Å². The highest BCUT2D eigenvalue weighted by Crippen LogP contribution is 2.33. The first-order valence-electron chi connectivity index (χ1n) is 6.43. The molecule has 0 amide bonds. The van der Waals surface area contributed by atoms with Crippen molar-refractivity contribution in [2.75, 3.05) is 12.4 Å². The number of ether oxygens (including phenoxy) is 1. The summed E-state index contributed by atoms with van der Waals surface area (Å²) in [5.41, 5.74) is 1.48. The lowest BCUT2D eigenvalue weighted by Crippen LogP contribution is -2.01. The summed E-state index contributed by atoms with van der Waals surface area (Å²) >= 11 is 0. The molecule has 1 aromatic heterocycles. The van der Waals surface area contributed by atoms with E-state index >= 15 is 0 Å². The molecule has 0 unspecified atom stereocenters. The summed E-state index contributed by atoms with van der Waals surface area (Å²) in [6.07, 6.45) is 8.80. The molecule has 1 aromatic carbocycles. The van der Waals surface area contributed by atoms with E-state index in [0.717, 1.165) is 11.1 Å². The van der Waals surface area contributed by atoms with E-state index in [-0.39, 0.29) is 5.75 Å². The number of anilines is 1. The lowest BCUT2D eigenvalue weighted by Gasteiger charge is -2.10. The smallest absolute Gasteiger partial charge is 0.161 e. The number of nitrogens with zero attached hydrogens (tertiary/aromatic N) is 2. The lowest BCUT2D eigenvalue weighted by molar-refractivity contribution is 0.374. The van der Waals surface area contributed by atoms with Crippen LogP contribution in [-0.2, 0) is 0 Å². The quantitative estimate of drug-likeness (QED) is 0.823. The van der Waals surface area contributed by atoms with E-state index in [0.29, 0.717) is 17.1 Å². The second kappa shape index (κ2) is 6.56. The van der Waals surface area contributed by atoms with Crippen molar-refractivity contribution in [3.8, 4) is 11.5 Å². The van der Waals surface area contributed by atoms with Gasteiger partial charge in [-0.3, -0.25) is 0 Å². The zero-order valence-electron chi connectivity index (χ0n) is 12.0. The molecule has 0 saturated heterocycles. The summed E-state index contributed by atoms with van der Waals surface area (Å²) in [6.45, 7) is 5.62. The molecule has 0 saturated carbocycles. The highest BCUT2D eigenvalue weighted by Gasteiger charge is 2.09. The van der Waals surface area contributed by atoms with Crippen LogP contribution in [0.15, 0.2) is 55.0 Å². The molecular formula is C16H17N3O2. The van der Waals surface area contributed by atoms with Crippen molar-refractivity contribution in [1.29, 1.82) is 0 Å². The van der Waals surface area contributed by atoms with Crippen LogP contribution in [0.4, 0.5) is 5.82 Å². The van der Waals surface area contributed by atoms with E-state index in [2.05, 4.69) is 21.9 Å². The first-order chi connectivity index (χ1) is 10.2. The largest absolute Gasteiger partial charge is 0.504 e. The summed E-state index contributed by atoms with van der Waals surface area (Å²) in [6, 6.07) is 3.25. The molecule has 0 spiro atoms. The van der Waals surface area contributed by atoms with E-state index < -0.39 is 0 Å². The summed E-state index contributed by atoms with van der Waals surface area (Å²) in [5, 5.41) is 13.8. The fourth-order valence-corrected chi connectivity index (χ4v) is 1.92. The number of hydrogen-bond acceptors (Lipinski definition) is 5. The van der Waals surface area contributed by atoms with E-state index in [1.54, 1.807) is 18.2 Å². The summed E-state index contributed by atoms with van der Waals surface area (Å²) in [5.74, 6) is 1.05. The zero-order chi connectivity index (χ0) is 15.2. The fraction of sp³-hybridized carbons (Fsp3) is 0.125. The average molecular weight is 283 g/mol. The average Bonchev–Trinajstić information content (AvgIpc) is 2.47. The van der Waals surface area contributed by atoms with E-state index in [4.69, 9.17) is 4.74 Å². The molecule has 5 heteroatoms. The molecule has 1 heterocycles. The normalized spacial score (nSPS) is 11.8. The first kappa shape index (κ1) is 14.6. The number of aromatic hydroxyl groups is 1. The third-order valence-corrected chi connectivity index (χ3v) is 2.84. The third kappa shape index (κ3) is 3.20. The molecule has 0 radical (unpaired) electrons. The molecule has 2 N–H and O–H groups in total. The van der Waals surface area contributed by atoms with Gasteiger partial charge in [0.25, 0.3) is 0 Å². The van der Waals surface area contributed by atoms with Gasteiger partial charge in [0.15, 0.2) is 11.5 Å². The van der Waals surface area contributed by atoms with Crippen molar-refractivity contribution in [1.82, 2.24) is 9.97 Å². The number of benzene rings is 1. The summed E-state index contributed by atoms with van der Waals surface area (Å²) < 4.78 is 5.13. The van der Waals surface area contributed by atoms with Gasteiger partial charge in [0.2, 0.25) is 0 Å². The standard InChI is InChI=1S/C16H17N3O2/c1-4-6-11(7-5-2)19-16-12-8-15(21-3)14(20)9-13(12)17-10-18-16/h4-10,20H,1H2,2-3H3,(H,17,18,19)/b7-5-,11-6+. The Morgan fingerprint density at radius 1 is 1.38 bits per heavy atom. The SMILES string of the molecule is C=C/C=C(\C=C/C)Nc1ncnc2cc(O)c(OC)cc12. The molecule has 0 aliphatic heterocycles. The minimum atomic E-state index is 0.0463. The van der Waals surface area contributed by atoms with Crippen LogP contribution in [0, 0.1) is 0 Å². The van der Waals surface area contributed by atoms with Gasteiger partial charge in [-0.05, 0) is 25.1 Å². The number of phenolic OH excluding ortho intramolecular Hbond substituents is 1. The van der Waals surface area contributed by atoms with Gasteiger partial charge >= 0.3 is 0 Å². The van der Waals surface area contributed by atoms with Gasteiger partial charge in [-0.25, -0.2) is 9.97 Å². The Balaban J connectivity index is 2.53. The van der Waals surface area contributed by atoms with Gasteiger partial charge in [-0.2, -0.15) is 0 Å². The van der Waals surface area contributed by atoms with Crippen LogP contribution < -0.4 is 10.1 Å². The van der Waals surface area contributed by atoms with Gasteiger partial charge in [-0.1, -0.05) is 18.7 Å². The maximum atomic E-state index is 9.81. The van der Waals surface area contributed by atoms with Crippen molar-refractivity contribution >= 4 is 16.7 Å². The van der Waals surface area contributed by atoms with Crippen LogP contribution in [0.1, 0.15) is 6.92 Å². The predicted molar refractivity (Wildman–Crippen MR) is 84.5 cm³/mol. The molecule has 108 valence electrons. The number of rotatable bonds is 5. The van der Waals surface area contributed by atoms with Crippen molar-refractivity contribution in [3.63, 3.8) is 0 Å². The van der Waals surface area contributed by atoms with E-state index in [1.165, 1.54) is 13.4 Å². The van der Waals surface area contributed by atoms with Crippen molar-refractivity contribution in [2.45, 2.75) is 6.92 Å². The number of aromatic nitrogens is 2. The van der Waals surface area contributed by atoms with Crippen molar-refractivity contribution in [2.24, 2.45) is 0 Å². The monoisotopic (exact) mass is 283 g/mol. The summed E-state index contributed by atoms with van der Waals surface area (Å²) in [7, 11) is 1.50. The Kier molecular flexibility index (Phi) is 4.56. The number of fused-ring (bicyclic) bond motifs is 1. The van der Waals surface area contributed by atoms with Gasteiger partial charge in [0.1, 0.15) is 12.1 Å². The Morgan fingerprint density at radius 2 is 2.19 bits per heavy atom. The highest BCUT2D eigenvalue weighted by molar-refractivity contribution is 5.92. The maximum Gasteiger partial charge on any atom is 0.161 e. The van der Waals surface area contributed by atoms with Crippen molar-refractivity contribution in [3.05, 3.63) is 55.0 Å². The van der Waals surface area contributed by atoms with Gasteiger partial charge in [0, 0.05) is 17.1 Å². The van der Waals surface area contributed by atoms with Crippen LogP contribution >= 0.6 is 0 Å². The Labute approximate surface area is 123 Å². The second-order valence-corrected chi connectivity index (χ2v) is 4.25. The number of methoxy groups -OCH3 is 1. The summed E-state index contributed by atoms with van der Waals surface area (Å²) in [4.78, 5) is 8.40. The molecule has 21 heavy (non-hydrogen) atoms. The minimum Gasteiger partial charge on any atom is -0.504 e. The number of hydrogen-bond donors (Lipinski definition) is 2. The van der Waals surface area contributed by atoms with E-state index in [9.17, 15) is 5.11 Å². The molecule has 2 rings (SSSR count). The number of nitrogens with one attached hydrogen (secondary N) is 1. The first-order valence-corrected chi connectivity index (χ1v) is 6.43. The van der Waals surface area contributed by atoms with Crippen LogP contribution in [0.5, 0.6) is 11.5 Å². The maximum absolute atomic E-state index is 9.81. The number of allylic oxidation sites excluding steroid dienone is 4. The number of phenols is 1. The predicted octanol–water partition coefficient (Wildman–Crippen LogP) is 3.40. The minimum absolute atomic E-state index is 0.0463. The molecule has 0 fully saturated rings. The molecule has 2 aromatic rings. The molecule has 0 atom stereocenters. The fourth-order valence-electron chi connectivity index (χ4n) is 1.92. The molecule has 0 aliphatic rings. The second-order valence-electron chi connectivity index (χ2n) is 4.25. The molecule has 0 aliphatic carbocycles. The van der Waals surface area contributed by atoms with Crippen LogP contribution in [0.2, 0.25) is 0 Å². The molecule has 5 nitrogen and oxygen atoms in total. The van der Waals surface area contributed by atoms with Gasteiger partial charge in [-0.15, -0.1) is 0 Å². The Bertz CT molecular complexity index is 721. The highest BCUT2D eigenvalue weighted by atomic mass is 16.5. The topological polar surface area (TPSA) is 67.3 Å². The molecule has 0 bridgehead atoms. The molecular weight excluding hydrogens is 266 g/mol.